The van der Waals surface area contributed by atoms with E-state index in [0.717, 1.165) is 4.90 Å². The second kappa shape index (κ2) is 8.49. The van der Waals surface area contributed by atoms with Crippen LogP contribution in [0, 0.1) is 13.8 Å². The molecule has 0 aliphatic carbocycles. The lowest BCUT2D eigenvalue weighted by Gasteiger charge is -2.26. The van der Waals surface area contributed by atoms with E-state index < -0.39 is 17.8 Å². The number of anilines is 1. The van der Waals surface area contributed by atoms with Gasteiger partial charge in [-0.1, -0.05) is 18.2 Å². The molecule has 2 N–H and O–H groups in total. The van der Waals surface area contributed by atoms with Gasteiger partial charge in [-0.2, -0.15) is 0 Å². The van der Waals surface area contributed by atoms with Crippen molar-refractivity contribution in [3.05, 3.63) is 82.7 Å². The van der Waals surface area contributed by atoms with Gasteiger partial charge in [-0.25, -0.2) is 9.69 Å². The Kier molecular flexibility index (Phi) is 5.33. The molecule has 0 saturated carbocycles. The third kappa shape index (κ3) is 3.90. The lowest BCUT2D eigenvalue weighted by atomic mass is 10.1. The molecule has 3 heterocycles. The molecule has 0 radical (unpaired) electrons. The fourth-order valence-corrected chi connectivity index (χ4v) is 3.93. The molecule has 0 bridgehead atoms. The molecule has 3 aromatic rings. The van der Waals surface area contributed by atoms with Gasteiger partial charge < -0.3 is 9.47 Å². The van der Waals surface area contributed by atoms with Gasteiger partial charge in [0.25, 0.3) is 17.7 Å². The van der Waals surface area contributed by atoms with Crippen LogP contribution in [0.4, 0.5) is 10.5 Å². The highest BCUT2D eigenvalue weighted by Gasteiger charge is 2.37. The number of carbonyl (C=O) groups excluding carboxylic acids is 4. The predicted molar refractivity (Wildman–Crippen MR) is 126 cm³/mol. The Bertz CT molecular complexity index is 1420. The Balaban J connectivity index is 1.46. The lowest BCUT2D eigenvalue weighted by Crippen LogP contribution is -2.54. The molecule has 1 aromatic heterocycles. The number of urea groups is 1. The summed E-state index contributed by atoms with van der Waals surface area (Å²) in [5.74, 6) is -1.01. The van der Waals surface area contributed by atoms with Crippen LogP contribution in [0.25, 0.3) is 6.08 Å². The van der Waals surface area contributed by atoms with Crippen molar-refractivity contribution in [3.8, 4) is 11.5 Å². The summed E-state index contributed by atoms with van der Waals surface area (Å²) in [5, 5.41) is 2.20. The predicted octanol–water partition coefficient (Wildman–Crippen LogP) is 2.88. The van der Waals surface area contributed by atoms with Crippen LogP contribution in [0.5, 0.6) is 11.5 Å². The number of hydrogen-bond donors (Lipinski definition) is 2. The second-order valence-corrected chi connectivity index (χ2v) is 7.96. The fraction of sp³-hybridized carbons (Fsp3) is 0.120. The van der Waals surface area contributed by atoms with Gasteiger partial charge in [0.05, 0.1) is 5.69 Å². The molecule has 0 spiro atoms. The normalized spacial score (nSPS) is 16.0. The van der Waals surface area contributed by atoms with Gasteiger partial charge in [0.1, 0.15) is 5.57 Å². The molecule has 5 rings (SSSR count). The van der Waals surface area contributed by atoms with Crippen molar-refractivity contribution in [2.75, 3.05) is 17.1 Å². The molecule has 176 valence electrons. The number of imide groups is 2. The lowest BCUT2D eigenvalue weighted by molar-refractivity contribution is -0.122. The van der Waals surface area contributed by atoms with Gasteiger partial charge in [-0.05, 0) is 55.8 Å². The Hall–Kier alpha value is -4.86. The maximum atomic E-state index is 13.2. The number of barbiturate groups is 1. The number of aryl methyl sites for hydroxylation is 1. The Morgan fingerprint density at radius 3 is 2.51 bits per heavy atom. The molecule has 1 fully saturated rings. The minimum atomic E-state index is -0.864. The Labute approximate surface area is 199 Å². The maximum Gasteiger partial charge on any atom is 0.335 e. The summed E-state index contributed by atoms with van der Waals surface area (Å²) in [5.41, 5.74) is 5.13. The van der Waals surface area contributed by atoms with Crippen molar-refractivity contribution in [1.29, 1.82) is 0 Å². The van der Waals surface area contributed by atoms with E-state index in [1.165, 1.54) is 18.2 Å². The summed E-state index contributed by atoms with van der Waals surface area (Å²) >= 11 is 0. The zero-order valence-corrected chi connectivity index (χ0v) is 18.8. The second-order valence-electron chi connectivity index (χ2n) is 7.96. The van der Waals surface area contributed by atoms with Crippen LogP contribution in [-0.4, -0.2) is 35.2 Å². The van der Waals surface area contributed by atoms with E-state index in [9.17, 15) is 19.2 Å². The van der Waals surface area contributed by atoms with E-state index in [1.807, 2.05) is 6.07 Å². The molecule has 1 saturated heterocycles. The molecule has 35 heavy (non-hydrogen) atoms. The van der Waals surface area contributed by atoms with E-state index in [-0.39, 0.29) is 24.0 Å². The summed E-state index contributed by atoms with van der Waals surface area (Å²) < 4.78 is 12.2. The molecule has 0 unspecified atom stereocenters. The molecule has 2 aliphatic rings. The third-order valence-electron chi connectivity index (χ3n) is 5.74. The summed E-state index contributed by atoms with van der Waals surface area (Å²) in [4.78, 5) is 51.8. The maximum absolute atomic E-state index is 13.2. The largest absolute Gasteiger partial charge is 0.454 e. The molecule has 10 nitrogen and oxygen atoms in total. The number of nitrogens with one attached hydrogen (secondary N) is 2. The number of fused-ring (bicyclic) bond motifs is 1. The average molecular weight is 472 g/mol. The SMILES string of the molecule is Cc1cc(/C=C2\C(=O)NC(=O)N(c3ccc4c(c3)OCO4)C2=O)c(C)n1NC(=O)c1ccccc1. The first-order valence-electron chi connectivity index (χ1n) is 10.7. The fourth-order valence-electron chi connectivity index (χ4n) is 3.93. The quantitative estimate of drug-likeness (QED) is 0.445. The van der Waals surface area contributed by atoms with Crippen molar-refractivity contribution in [2.24, 2.45) is 0 Å². The minimum absolute atomic E-state index is 0.0407. The van der Waals surface area contributed by atoms with Gasteiger partial charge >= 0.3 is 6.03 Å². The van der Waals surface area contributed by atoms with Crippen LogP contribution >= 0.6 is 0 Å². The molecule has 2 aromatic carbocycles. The van der Waals surface area contributed by atoms with E-state index >= 15 is 0 Å². The summed E-state index contributed by atoms with van der Waals surface area (Å²) in [6.07, 6.45) is 1.40. The Morgan fingerprint density at radius 1 is 1.00 bits per heavy atom. The highest BCUT2D eigenvalue weighted by Crippen LogP contribution is 2.36. The monoisotopic (exact) mass is 472 g/mol. The molecular formula is C25H20N4O6. The van der Waals surface area contributed by atoms with Crippen molar-refractivity contribution < 1.29 is 28.7 Å². The number of carbonyl (C=O) groups is 4. The number of aromatic nitrogens is 1. The topological polar surface area (TPSA) is 119 Å². The van der Waals surface area contributed by atoms with Crippen LogP contribution in [0.2, 0.25) is 0 Å². The van der Waals surface area contributed by atoms with E-state index in [1.54, 1.807) is 54.9 Å². The molecular weight excluding hydrogens is 452 g/mol. The van der Waals surface area contributed by atoms with Crippen molar-refractivity contribution in [3.63, 3.8) is 0 Å². The van der Waals surface area contributed by atoms with Crippen LogP contribution in [0.15, 0.2) is 60.2 Å². The molecule has 5 amide bonds. The molecule has 2 aliphatic heterocycles. The zero-order chi connectivity index (χ0) is 24.7. The standard InChI is InChI=1S/C25H20N4O6/c1-14-10-17(15(2)29(14)27-22(30)16-6-4-3-5-7-16)11-19-23(31)26-25(33)28(24(19)32)18-8-9-20-21(12-18)35-13-34-20/h3-12H,13H2,1-2H3,(H,27,30)(H,26,31,33)/b19-11+. The van der Waals surface area contributed by atoms with Gasteiger partial charge in [0, 0.05) is 23.0 Å². The first-order chi connectivity index (χ1) is 16.8. The van der Waals surface area contributed by atoms with Crippen LogP contribution < -0.4 is 25.1 Å². The molecule has 10 heteroatoms. The van der Waals surface area contributed by atoms with Gasteiger partial charge in [-0.3, -0.25) is 29.8 Å². The molecule has 0 atom stereocenters. The van der Waals surface area contributed by atoms with Gasteiger partial charge in [0.15, 0.2) is 11.5 Å². The third-order valence-corrected chi connectivity index (χ3v) is 5.74. The summed E-state index contributed by atoms with van der Waals surface area (Å²) in [7, 11) is 0. The highest BCUT2D eigenvalue weighted by atomic mass is 16.7. The first kappa shape index (κ1) is 22.0. The zero-order valence-electron chi connectivity index (χ0n) is 18.8. The number of ether oxygens (including phenoxy) is 2. The van der Waals surface area contributed by atoms with Crippen LogP contribution in [0.1, 0.15) is 27.3 Å². The van der Waals surface area contributed by atoms with Gasteiger partial charge in [-0.15, -0.1) is 0 Å². The average Bonchev–Trinajstić information content (AvgIpc) is 3.41. The summed E-state index contributed by atoms with van der Waals surface area (Å²) in [6, 6.07) is 14.2. The van der Waals surface area contributed by atoms with Crippen LogP contribution in [-0.2, 0) is 9.59 Å². The number of rotatable bonds is 4. The Morgan fingerprint density at radius 2 is 1.74 bits per heavy atom. The minimum Gasteiger partial charge on any atom is -0.454 e. The van der Waals surface area contributed by atoms with Crippen LogP contribution in [0.3, 0.4) is 0 Å². The van der Waals surface area contributed by atoms with Crippen molar-refractivity contribution in [1.82, 2.24) is 9.99 Å². The highest BCUT2D eigenvalue weighted by molar-refractivity contribution is 6.39. The number of nitrogens with zero attached hydrogens (tertiary/aromatic N) is 2. The number of amides is 5. The van der Waals surface area contributed by atoms with E-state index in [0.29, 0.717) is 34.0 Å². The number of benzene rings is 2. The smallest absolute Gasteiger partial charge is 0.335 e. The van der Waals surface area contributed by atoms with E-state index in [2.05, 4.69) is 10.7 Å². The van der Waals surface area contributed by atoms with Crippen molar-refractivity contribution in [2.45, 2.75) is 13.8 Å². The van der Waals surface area contributed by atoms with Crippen molar-refractivity contribution >= 4 is 35.5 Å². The number of hydrogen-bond acceptors (Lipinski definition) is 6. The first-order valence-corrected chi connectivity index (χ1v) is 10.7. The van der Waals surface area contributed by atoms with Gasteiger partial charge in [0.2, 0.25) is 6.79 Å². The summed E-state index contributed by atoms with van der Waals surface area (Å²) in [6.45, 7) is 3.57. The van der Waals surface area contributed by atoms with E-state index in [4.69, 9.17) is 9.47 Å².